The summed E-state index contributed by atoms with van der Waals surface area (Å²) in [6, 6.07) is 0. The molecule has 5 heteroatoms. The molecule has 1 aliphatic carbocycles. The van der Waals surface area contributed by atoms with Crippen LogP contribution in [0.3, 0.4) is 0 Å². The Kier molecular flexibility index (Phi) is 5.48. The maximum absolute atomic E-state index is 12.5. The standard InChI is InChI=1S/C19H33N3O2/c1-19(9-12-21(2)14-19)13-20-17(23)15-7-10-22(11-8-15)18(24)16-5-3-4-6-16/h15-16H,3-14H2,1-2H3,(H,20,23)/t19-/m0/s1. The zero-order chi connectivity index (χ0) is 17.2. The van der Waals surface area contributed by atoms with Crippen LogP contribution in [0.5, 0.6) is 0 Å². The van der Waals surface area contributed by atoms with Gasteiger partial charge in [0.25, 0.3) is 0 Å². The van der Waals surface area contributed by atoms with Gasteiger partial charge in [0.05, 0.1) is 0 Å². The van der Waals surface area contributed by atoms with E-state index in [2.05, 4.69) is 24.2 Å². The van der Waals surface area contributed by atoms with Crippen LogP contribution in [0.4, 0.5) is 0 Å². The molecule has 2 saturated heterocycles. The van der Waals surface area contributed by atoms with Crippen molar-refractivity contribution in [2.75, 3.05) is 39.8 Å². The van der Waals surface area contributed by atoms with Crippen molar-refractivity contribution < 1.29 is 9.59 Å². The number of nitrogens with zero attached hydrogens (tertiary/aromatic N) is 2. The molecule has 136 valence electrons. The Balaban J connectivity index is 1.41. The minimum absolute atomic E-state index is 0.0837. The second-order valence-electron chi connectivity index (χ2n) is 8.60. The van der Waals surface area contributed by atoms with Crippen molar-refractivity contribution in [1.29, 1.82) is 0 Å². The summed E-state index contributed by atoms with van der Waals surface area (Å²) in [6.07, 6.45) is 7.31. The summed E-state index contributed by atoms with van der Waals surface area (Å²) >= 11 is 0. The zero-order valence-corrected chi connectivity index (χ0v) is 15.4. The highest BCUT2D eigenvalue weighted by Gasteiger charge is 2.35. The van der Waals surface area contributed by atoms with Crippen molar-refractivity contribution in [2.24, 2.45) is 17.3 Å². The third-order valence-electron chi connectivity index (χ3n) is 6.32. The van der Waals surface area contributed by atoms with Gasteiger partial charge in [0.2, 0.25) is 11.8 Å². The predicted octanol–water partition coefficient (Wildman–Crippen LogP) is 1.87. The Morgan fingerprint density at radius 3 is 2.29 bits per heavy atom. The predicted molar refractivity (Wildman–Crippen MR) is 94.5 cm³/mol. The van der Waals surface area contributed by atoms with Gasteiger partial charge >= 0.3 is 0 Å². The van der Waals surface area contributed by atoms with Crippen molar-refractivity contribution in [3.63, 3.8) is 0 Å². The molecule has 1 N–H and O–H groups in total. The van der Waals surface area contributed by atoms with E-state index in [-0.39, 0.29) is 23.2 Å². The fraction of sp³-hybridized carbons (Fsp3) is 0.895. The van der Waals surface area contributed by atoms with Crippen LogP contribution < -0.4 is 5.32 Å². The Morgan fingerprint density at radius 1 is 1.04 bits per heavy atom. The van der Waals surface area contributed by atoms with E-state index in [9.17, 15) is 9.59 Å². The lowest BCUT2D eigenvalue weighted by atomic mass is 9.89. The van der Waals surface area contributed by atoms with Gasteiger partial charge in [-0.25, -0.2) is 0 Å². The molecule has 0 spiro atoms. The number of rotatable bonds is 4. The van der Waals surface area contributed by atoms with Crippen molar-refractivity contribution in [1.82, 2.24) is 15.1 Å². The molecule has 1 saturated carbocycles. The van der Waals surface area contributed by atoms with E-state index in [0.29, 0.717) is 5.91 Å². The summed E-state index contributed by atoms with van der Waals surface area (Å²) in [7, 11) is 2.14. The minimum atomic E-state index is 0.0837. The van der Waals surface area contributed by atoms with E-state index >= 15 is 0 Å². The number of carbonyl (C=O) groups is 2. The first kappa shape index (κ1) is 17.7. The van der Waals surface area contributed by atoms with E-state index < -0.39 is 0 Å². The molecule has 0 aromatic rings. The fourth-order valence-corrected chi connectivity index (χ4v) is 4.65. The molecular formula is C19H33N3O2. The summed E-state index contributed by atoms with van der Waals surface area (Å²) in [5.74, 6) is 0.877. The lowest BCUT2D eigenvalue weighted by Gasteiger charge is -2.33. The van der Waals surface area contributed by atoms with Gasteiger partial charge in [-0.15, -0.1) is 0 Å². The van der Waals surface area contributed by atoms with Crippen LogP contribution in [-0.2, 0) is 9.59 Å². The molecule has 24 heavy (non-hydrogen) atoms. The molecule has 2 aliphatic heterocycles. The maximum Gasteiger partial charge on any atom is 0.225 e. The molecule has 2 heterocycles. The number of amides is 2. The van der Waals surface area contributed by atoms with E-state index in [1.165, 1.54) is 12.8 Å². The first-order valence-electron chi connectivity index (χ1n) is 9.72. The normalized spacial score (nSPS) is 30.0. The zero-order valence-electron chi connectivity index (χ0n) is 15.4. The summed E-state index contributed by atoms with van der Waals surface area (Å²) in [5.41, 5.74) is 0.212. The van der Waals surface area contributed by atoms with Gasteiger partial charge in [-0.2, -0.15) is 0 Å². The topological polar surface area (TPSA) is 52.7 Å². The van der Waals surface area contributed by atoms with Crippen molar-refractivity contribution in [3.05, 3.63) is 0 Å². The fourth-order valence-electron chi connectivity index (χ4n) is 4.65. The third kappa shape index (κ3) is 4.11. The average Bonchev–Trinajstić information content (AvgIpc) is 3.23. The SMILES string of the molecule is CN1CC[C@@](C)(CNC(=O)C2CCN(C(=O)C3CCCC3)CC2)C1. The van der Waals surface area contributed by atoms with Gasteiger partial charge < -0.3 is 15.1 Å². The molecule has 0 bridgehead atoms. The average molecular weight is 335 g/mol. The van der Waals surface area contributed by atoms with Crippen molar-refractivity contribution in [3.8, 4) is 0 Å². The molecule has 5 nitrogen and oxygen atoms in total. The molecule has 2 amide bonds. The second-order valence-corrected chi connectivity index (χ2v) is 8.60. The van der Waals surface area contributed by atoms with Crippen LogP contribution in [0.15, 0.2) is 0 Å². The van der Waals surface area contributed by atoms with Crippen molar-refractivity contribution >= 4 is 11.8 Å². The number of hydrogen-bond donors (Lipinski definition) is 1. The first-order valence-corrected chi connectivity index (χ1v) is 9.72. The first-order chi connectivity index (χ1) is 11.5. The van der Waals surface area contributed by atoms with Gasteiger partial charge in [-0.3, -0.25) is 9.59 Å². The van der Waals surface area contributed by atoms with Crippen molar-refractivity contribution in [2.45, 2.75) is 51.9 Å². The van der Waals surface area contributed by atoms with E-state index in [1.807, 2.05) is 4.90 Å². The number of hydrogen-bond acceptors (Lipinski definition) is 3. The summed E-state index contributed by atoms with van der Waals surface area (Å²) in [5, 5.41) is 3.19. The lowest BCUT2D eigenvalue weighted by Crippen LogP contribution is -2.46. The van der Waals surface area contributed by atoms with Crippen LogP contribution in [0.1, 0.15) is 51.9 Å². The molecule has 3 rings (SSSR count). The minimum Gasteiger partial charge on any atom is -0.355 e. The second kappa shape index (κ2) is 7.42. The van der Waals surface area contributed by atoms with Gasteiger partial charge in [-0.1, -0.05) is 19.8 Å². The maximum atomic E-state index is 12.5. The number of piperidine rings is 1. The largest absolute Gasteiger partial charge is 0.355 e. The van der Waals surface area contributed by atoms with Gasteiger partial charge in [0, 0.05) is 38.0 Å². The Morgan fingerprint density at radius 2 is 1.71 bits per heavy atom. The van der Waals surface area contributed by atoms with E-state index in [1.54, 1.807) is 0 Å². The van der Waals surface area contributed by atoms with Crippen LogP contribution in [0, 0.1) is 17.3 Å². The highest BCUT2D eigenvalue weighted by Crippen LogP contribution is 2.30. The molecule has 0 aromatic carbocycles. The Labute approximate surface area is 146 Å². The number of nitrogens with one attached hydrogen (secondary N) is 1. The highest BCUT2D eigenvalue weighted by molar-refractivity contribution is 5.81. The Hall–Kier alpha value is -1.10. The molecule has 0 aromatic heterocycles. The van der Waals surface area contributed by atoms with Crippen LogP contribution >= 0.6 is 0 Å². The molecule has 3 aliphatic rings. The summed E-state index contributed by atoms with van der Waals surface area (Å²) in [6.45, 7) is 6.73. The van der Waals surface area contributed by atoms with Gasteiger partial charge in [-0.05, 0) is 51.1 Å². The quantitative estimate of drug-likeness (QED) is 0.853. The van der Waals surface area contributed by atoms with Crippen LogP contribution in [-0.4, -0.2) is 61.4 Å². The molecule has 1 atom stereocenters. The highest BCUT2D eigenvalue weighted by atomic mass is 16.2. The molecule has 0 radical (unpaired) electrons. The Bertz CT molecular complexity index is 467. The number of carbonyl (C=O) groups excluding carboxylic acids is 2. The third-order valence-corrected chi connectivity index (χ3v) is 6.32. The lowest BCUT2D eigenvalue weighted by molar-refractivity contribution is -0.139. The van der Waals surface area contributed by atoms with Crippen LogP contribution in [0.2, 0.25) is 0 Å². The summed E-state index contributed by atoms with van der Waals surface area (Å²) in [4.78, 5) is 29.3. The van der Waals surface area contributed by atoms with Gasteiger partial charge in [0.15, 0.2) is 0 Å². The molecule has 0 unspecified atom stereocenters. The van der Waals surface area contributed by atoms with Crippen LogP contribution in [0.25, 0.3) is 0 Å². The monoisotopic (exact) mass is 335 g/mol. The smallest absolute Gasteiger partial charge is 0.225 e. The molecule has 3 fully saturated rings. The summed E-state index contributed by atoms with van der Waals surface area (Å²) < 4.78 is 0. The van der Waals surface area contributed by atoms with E-state index in [0.717, 1.165) is 64.8 Å². The molecular weight excluding hydrogens is 302 g/mol. The number of likely N-dealkylation sites (tertiary alicyclic amines) is 2. The van der Waals surface area contributed by atoms with E-state index in [4.69, 9.17) is 0 Å². The van der Waals surface area contributed by atoms with Gasteiger partial charge in [0.1, 0.15) is 0 Å².